The lowest BCUT2D eigenvalue weighted by atomic mass is 10.0. The maximum Gasteiger partial charge on any atom is 0.338 e. The molecule has 0 radical (unpaired) electrons. The highest BCUT2D eigenvalue weighted by molar-refractivity contribution is 6.21. The van der Waals surface area contributed by atoms with Crippen molar-refractivity contribution in [1.82, 2.24) is 4.90 Å². The van der Waals surface area contributed by atoms with Crippen LogP contribution in [0.25, 0.3) is 11.1 Å². The molecule has 0 fully saturated rings. The van der Waals surface area contributed by atoms with Crippen molar-refractivity contribution in [2.45, 2.75) is 45.4 Å². The van der Waals surface area contributed by atoms with Gasteiger partial charge in [-0.1, -0.05) is 56.7 Å². The van der Waals surface area contributed by atoms with E-state index in [4.69, 9.17) is 4.74 Å². The lowest BCUT2D eigenvalue weighted by Gasteiger charge is -2.13. The van der Waals surface area contributed by atoms with E-state index in [0.29, 0.717) is 29.2 Å². The van der Waals surface area contributed by atoms with E-state index < -0.39 is 0 Å². The van der Waals surface area contributed by atoms with Crippen molar-refractivity contribution >= 4 is 17.8 Å². The Labute approximate surface area is 194 Å². The third kappa shape index (κ3) is 4.40. The predicted molar refractivity (Wildman–Crippen MR) is 128 cm³/mol. The summed E-state index contributed by atoms with van der Waals surface area (Å²) < 4.78 is 5.00. The summed E-state index contributed by atoms with van der Waals surface area (Å²) in [6.07, 6.45) is 3.35. The summed E-state index contributed by atoms with van der Waals surface area (Å²) in [6.45, 7) is 4.72. The second kappa shape index (κ2) is 9.57. The van der Waals surface area contributed by atoms with Crippen molar-refractivity contribution in [2.75, 3.05) is 13.7 Å². The molecule has 0 N–H and O–H groups in total. The van der Waals surface area contributed by atoms with Crippen LogP contribution >= 0.6 is 0 Å². The summed E-state index contributed by atoms with van der Waals surface area (Å²) in [5.74, 6) is -0.328. The molecule has 0 saturated carbocycles. The minimum Gasteiger partial charge on any atom is -0.465 e. The Morgan fingerprint density at radius 1 is 0.848 bits per heavy atom. The zero-order chi connectivity index (χ0) is 23.5. The third-order valence-corrected chi connectivity index (χ3v) is 6.41. The molecule has 5 nitrogen and oxygen atoms in total. The van der Waals surface area contributed by atoms with Gasteiger partial charge in [0.25, 0.3) is 11.8 Å². The Hall–Kier alpha value is -3.47. The van der Waals surface area contributed by atoms with Crippen LogP contribution in [0, 0.1) is 0 Å². The molecule has 0 unspecified atom stereocenters. The summed E-state index contributed by atoms with van der Waals surface area (Å²) in [6, 6.07) is 17.2. The molecule has 1 heterocycles. The fraction of sp³-hybridized carbons (Fsp3) is 0.321. The van der Waals surface area contributed by atoms with Gasteiger partial charge in [-0.25, -0.2) is 4.79 Å². The van der Waals surface area contributed by atoms with E-state index in [1.54, 1.807) is 24.3 Å². The van der Waals surface area contributed by atoms with E-state index >= 15 is 0 Å². The second-order valence-electron chi connectivity index (χ2n) is 8.84. The molecular formula is C28H29NO4. The average Bonchev–Trinajstić information content (AvgIpc) is 3.16. The molecule has 0 atom stereocenters. The van der Waals surface area contributed by atoms with Crippen molar-refractivity contribution in [3.8, 4) is 11.1 Å². The number of fused-ring (bicyclic) bond motifs is 2. The minimum absolute atomic E-state index is 0.200. The van der Waals surface area contributed by atoms with Crippen LogP contribution in [-0.2, 0) is 11.2 Å². The number of amides is 2. The van der Waals surface area contributed by atoms with Gasteiger partial charge >= 0.3 is 5.97 Å². The lowest BCUT2D eigenvalue weighted by molar-refractivity contribution is 0.0599. The van der Waals surface area contributed by atoms with Crippen LogP contribution in [0.2, 0.25) is 0 Å². The summed E-state index contributed by atoms with van der Waals surface area (Å²) in [5, 5.41) is 0. The van der Waals surface area contributed by atoms with Gasteiger partial charge in [0.05, 0.1) is 23.8 Å². The molecule has 0 saturated heterocycles. The molecule has 2 aliphatic carbocycles. The van der Waals surface area contributed by atoms with E-state index in [9.17, 15) is 14.4 Å². The van der Waals surface area contributed by atoms with E-state index in [0.717, 1.165) is 42.4 Å². The zero-order valence-corrected chi connectivity index (χ0v) is 19.4. The topological polar surface area (TPSA) is 63.7 Å². The van der Waals surface area contributed by atoms with Gasteiger partial charge in [-0.05, 0) is 65.6 Å². The zero-order valence-electron chi connectivity index (χ0n) is 19.4. The van der Waals surface area contributed by atoms with Crippen LogP contribution in [0.5, 0.6) is 0 Å². The number of carbonyl (C=O) groups excluding carboxylic acids is 3. The first kappa shape index (κ1) is 22.7. The Balaban J connectivity index is 1.41. The molecule has 2 amide bonds. The highest BCUT2D eigenvalue weighted by atomic mass is 16.5. The highest BCUT2D eigenvalue weighted by Crippen LogP contribution is 2.34. The van der Waals surface area contributed by atoms with E-state index in [2.05, 4.69) is 32.0 Å². The number of imide groups is 1. The fourth-order valence-corrected chi connectivity index (χ4v) is 4.51. The second-order valence-corrected chi connectivity index (χ2v) is 8.84. The Morgan fingerprint density at radius 3 is 2.09 bits per heavy atom. The summed E-state index contributed by atoms with van der Waals surface area (Å²) in [4.78, 5) is 38.7. The van der Waals surface area contributed by atoms with E-state index in [1.165, 1.54) is 17.6 Å². The van der Waals surface area contributed by atoms with Crippen LogP contribution in [0.3, 0.4) is 0 Å². The number of aryl methyl sites for hydroxylation is 1. The number of hydrogen-bond acceptors (Lipinski definition) is 4. The van der Waals surface area contributed by atoms with Gasteiger partial charge in [0.15, 0.2) is 0 Å². The largest absolute Gasteiger partial charge is 0.465 e. The van der Waals surface area contributed by atoms with Crippen LogP contribution in [0.4, 0.5) is 0 Å². The molecule has 0 aromatic heterocycles. The molecule has 5 heteroatoms. The normalized spacial score (nSPS) is 13.2. The Bertz CT molecular complexity index is 1150. The monoisotopic (exact) mass is 443 g/mol. The van der Waals surface area contributed by atoms with E-state index in [-0.39, 0.29) is 17.8 Å². The lowest BCUT2D eigenvalue weighted by Crippen LogP contribution is -2.30. The van der Waals surface area contributed by atoms with Gasteiger partial charge < -0.3 is 4.74 Å². The first-order chi connectivity index (χ1) is 15.9. The first-order valence-electron chi connectivity index (χ1n) is 11.5. The van der Waals surface area contributed by atoms with Crippen molar-refractivity contribution in [3.05, 3.63) is 82.4 Å². The van der Waals surface area contributed by atoms with Gasteiger partial charge in [-0.3, -0.25) is 14.5 Å². The minimum atomic E-state index is -0.325. The maximum atomic E-state index is 12.5. The number of methoxy groups -OCH3 is 1. The van der Waals surface area contributed by atoms with Crippen molar-refractivity contribution in [2.24, 2.45) is 0 Å². The number of benzene rings is 1. The number of nitrogens with zero attached hydrogens (tertiary/aromatic N) is 1. The van der Waals surface area contributed by atoms with E-state index in [1.807, 2.05) is 12.1 Å². The van der Waals surface area contributed by atoms with Crippen LogP contribution in [-0.4, -0.2) is 36.3 Å². The molecule has 3 aliphatic rings. The fourth-order valence-electron chi connectivity index (χ4n) is 4.51. The van der Waals surface area contributed by atoms with Crippen molar-refractivity contribution in [3.63, 3.8) is 0 Å². The molecule has 0 bridgehead atoms. The molecule has 1 aromatic rings. The molecular weight excluding hydrogens is 414 g/mol. The van der Waals surface area contributed by atoms with Gasteiger partial charge in [-0.15, -0.1) is 0 Å². The SMILES string of the molecule is COC(=O)c1cc(CCCCCN2C(=O)c3ccccc3C2=O)c2ccc(C(C)C)ccc1-2. The van der Waals surface area contributed by atoms with Crippen molar-refractivity contribution in [1.29, 1.82) is 0 Å². The smallest absolute Gasteiger partial charge is 0.338 e. The summed E-state index contributed by atoms with van der Waals surface area (Å²) in [7, 11) is 1.41. The standard InChI is InChI=1S/C28H29NO4/c1-18(2)19-12-14-21-20(17-25(28(32)33-3)22(21)15-13-19)9-5-4-8-16-29-26(30)23-10-6-7-11-24(23)27(29)31/h6-7,10-15,17-18H,4-5,8-9,16H2,1-3H3. The van der Waals surface area contributed by atoms with Crippen LogP contribution in [0.15, 0.2) is 54.6 Å². The molecule has 33 heavy (non-hydrogen) atoms. The number of rotatable bonds is 8. The van der Waals surface area contributed by atoms with Gasteiger partial charge in [-0.2, -0.15) is 0 Å². The van der Waals surface area contributed by atoms with Gasteiger partial charge in [0, 0.05) is 6.54 Å². The number of unbranched alkanes of at least 4 members (excludes halogenated alkanes) is 2. The van der Waals surface area contributed by atoms with Crippen molar-refractivity contribution < 1.29 is 19.1 Å². The molecule has 1 aliphatic heterocycles. The Kier molecular flexibility index (Phi) is 6.59. The number of esters is 1. The first-order valence-corrected chi connectivity index (χ1v) is 11.5. The Morgan fingerprint density at radius 2 is 1.48 bits per heavy atom. The van der Waals surface area contributed by atoms with Crippen LogP contribution < -0.4 is 0 Å². The molecule has 170 valence electrons. The average molecular weight is 444 g/mol. The quantitative estimate of drug-likeness (QED) is 0.254. The molecule has 4 rings (SSSR count). The third-order valence-electron chi connectivity index (χ3n) is 6.41. The summed E-state index contributed by atoms with van der Waals surface area (Å²) >= 11 is 0. The molecule has 1 aromatic carbocycles. The predicted octanol–water partition coefficient (Wildman–Crippen LogP) is 5.71. The van der Waals surface area contributed by atoms with Gasteiger partial charge in [0.2, 0.25) is 0 Å². The maximum absolute atomic E-state index is 12.5. The number of ether oxygens (including phenoxy) is 1. The van der Waals surface area contributed by atoms with Crippen LogP contribution in [0.1, 0.15) is 81.2 Å². The van der Waals surface area contributed by atoms with Gasteiger partial charge in [0.1, 0.15) is 0 Å². The highest BCUT2D eigenvalue weighted by Gasteiger charge is 2.34. The molecule has 0 spiro atoms. The number of hydrogen-bond donors (Lipinski definition) is 0. The summed E-state index contributed by atoms with van der Waals surface area (Å²) in [5.41, 5.74) is 5.91. The number of carbonyl (C=O) groups is 3.